The van der Waals surface area contributed by atoms with E-state index in [1.54, 1.807) is 18.3 Å². The number of halogens is 3. The molecule has 0 spiro atoms. The third-order valence-electron chi connectivity index (χ3n) is 4.09. The van der Waals surface area contributed by atoms with Crippen LogP contribution in [0.1, 0.15) is 28.4 Å². The van der Waals surface area contributed by atoms with E-state index >= 15 is 0 Å². The Morgan fingerprint density at radius 1 is 1.16 bits per heavy atom. The van der Waals surface area contributed by atoms with Crippen molar-refractivity contribution in [3.05, 3.63) is 90.4 Å². The lowest BCUT2D eigenvalue weighted by Crippen LogP contribution is -2.17. The van der Waals surface area contributed by atoms with Crippen molar-refractivity contribution in [2.24, 2.45) is 5.10 Å². The van der Waals surface area contributed by atoms with Gasteiger partial charge < -0.3 is 9.47 Å². The summed E-state index contributed by atoms with van der Waals surface area (Å²) < 4.78 is 13.4. The molecule has 0 aliphatic rings. The lowest BCUT2D eigenvalue weighted by molar-refractivity contribution is 0.0955. The second-order valence-electron chi connectivity index (χ2n) is 6.39. The highest BCUT2D eigenvalue weighted by molar-refractivity contribution is 14.1. The first-order chi connectivity index (χ1) is 15.0. The minimum Gasteiger partial charge on any atom is -0.490 e. The predicted octanol–water partition coefficient (Wildman–Crippen LogP) is 6.45. The Bertz CT molecular complexity index is 1090. The Balaban J connectivity index is 1.72. The van der Waals surface area contributed by atoms with Crippen molar-refractivity contribution < 1.29 is 14.3 Å². The van der Waals surface area contributed by atoms with Gasteiger partial charge in [-0.05, 0) is 99.0 Å². The Morgan fingerprint density at radius 3 is 2.65 bits per heavy atom. The number of carbonyl (C=O) groups is 1. The zero-order valence-corrected chi connectivity index (χ0v) is 21.1. The van der Waals surface area contributed by atoms with Crippen LogP contribution < -0.4 is 14.9 Å². The third-order valence-corrected chi connectivity index (χ3v) is 5.61. The van der Waals surface area contributed by atoms with Crippen molar-refractivity contribution in [3.8, 4) is 11.5 Å². The summed E-state index contributed by atoms with van der Waals surface area (Å²) in [4.78, 5) is 12.2. The van der Waals surface area contributed by atoms with Gasteiger partial charge in [0.1, 0.15) is 6.61 Å². The van der Waals surface area contributed by atoms with Crippen LogP contribution in [0.4, 0.5) is 0 Å². The Kier molecular flexibility index (Phi) is 8.74. The van der Waals surface area contributed by atoms with Crippen molar-refractivity contribution in [1.82, 2.24) is 5.43 Å². The second-order valence-corrected chi connectivity index (χ2v) is 8.92. The summed E-state index contributed by atoms with van der Waals surface area (Å²) in [7, 11) is 0. The van der Waals surface area contributed by atoms with Crippen LogP contribution in [0.25, 0.3) is 0 Å². The largest absolute Gasteiger partial charge is 0.490 e. The molecule has 3 aromatic carbocycles. The predicted molar refractivity (Wildman–Crippen MR) is 135 cm³/mol. The van der Waals surface area contributed by atoms with E-state index in [4.69, 9.17) is 21.1 Å². The van der Waals surface area contributed by atoms with Gasteiger partial charge in [-0.2, -0.15) is 5.10 Å². The summed E-state index contributed by atoms with van der Waals surface area (Å²) in [5, 5.41) is 4.74. The molecule has 5 nitrogen and oxygen atoms in total. The van der Waals surface area contributed by atoms with Crippen molar-refractivity contribution in [2.45, 2.75) is 13.5 Å². The molecule has 0 fully saturated rings. The molecule has 160 valence electrons. The van der Waals surface area contributed by atoms with Gasteiger partial charge >= 0.3 is 0 Å². The molecule has 0 aromatic heterocycles. The summed E-state index contributed by atoms with van der Waals surface area (Å²) in [5.74, 6) is 0.898. The van der Waals surface area contributed by atoms with Gasteiger partial charge in [-0.25, -0.2) is 5.43 Å². The number of carbonyl (C=O) groups excluding carboxylic acids is 1. The van der Waals surface area contributed by atoms with E-state index in [0.717, 1.165) is 19.2 Å². The molecule has 0 radical (unpaired) electrons. The monoisotopic (exact) mass is 612 g/mol. The van der Waals surface area contributed by atoms with Crippen molar-refractivity contribution in [1.29, 1.82) is 0 Å². The molecule has 1 N–H and O–H groups in total. The average Bonchev–Trinajstić information content (AvgIpc) is 2.74. The Labute approximate surface area is 208 Å². The first kappa shape index (κ1) is 23.6. The standard InChI is InChI=1S/C23H19BrClIN2O3/c1-2-30-21-11-16(13-27-28-23(29)17-4-3-5-19(26)12-17)10-20(24)22(21)31-14-15-6-8-18(25)9-7-15/h3-13H,2,14H2,1H3,(H,28,29)/b27-13-. The lowest BCUT2D eigenvalue weighted by Gasteiger charge is -2.14. The average molecular weight is 614 g/mol. The molecule has 1 amide bonds. The summed E-state index contributed by atoms with van der Waals surface area (Å²) in [6.07, 6.45) is 1.56. The highest BCUT2D eigenvalue weighted by Crippen LogP contribution is 2.37. The molecule has 0 unspecified atom stereocenters. The molecule has 8 heteroatoms. The van der Waals surface area contributed by atoms with Crippen molar-refractivity contribution in [2.75, 3.05) is 6.61 Å². The maximum absolute atomic E-state index is 12.2. The number of amides is 1. The zero-order chi connectivity index (χ0) is 22.2. The van der Waals surface area contributed by atoms with Gasteiger partial charge in [0.05, 0.1) is 17.3 Å². The van der Waals surface area contributed by atoms with E-state index in [-0.39, 0.29) is 5.91 Å². The molecule has 0 aliphatic heterocycles. The highest BCUT2D eigenvalue weighted by Gasteiger charge is 2.12. The summed E-state index contributed by atoms with van der Waals surface area (Å²) >= 11 is 11.6. The fraction of sp³-hybridized carbons (Fsp3) is 0.130. The summed E-state index contributed by atoms with van der Waals surface area (Å²) in [6, 6.07) is 18.4. The molecule has 0 bridgehead atoms. The number of ether oxygens (including phenoxy) is 2. The maximum atomic E-state index is 12.2. The second kappa shape index (κ2) is 11.5. The molecular formula is C23H19BrClIN2O3. The van der Waals surface area contributed by atoms with E-state index in [2.05, 4.69) is 49.0 Å². The quantitative estimate of drug-likeness (QED) is 0.181. The molecule has 0 saturated heterocycles. The SMILES string of the molecule is CCOc1cc(/C=N\NC(=O)c2cccc(I)c2)cc(Br)c1OCc1ccc(Cl)cc1. The van der Waals surface area contributed by atoms with Gasteiger partial charge in [0.25, 0.3) is 5.91 Å². The minimum atomic E-state index is -0.276. The maximum Gasteiger partial charge on any atom is 0.271 e. The lowest BCUT2D eigenvalue weighted by atomic mass is 10.2. The van der Waals surface area contributed by atoms with Crippen LogP contribution in [-0.2, 0) is 6.61 Å². The molecule has 3 aromatic rings. The van der Waals surface area contributed by atoms with Gasteiger partial charge in [0.15, 0.2) is 11.5 Å². The van der Waals surface area contributed by atoms with E-state index in [0.29, 0.717) is 35.3 Å². The molecule has 0 saturated carbocycles. The van der Waals surface area contributed by atoms with Crippen LogP contribution in [0, 0.1) is 3.57 Å². The summed E-state index contributed by atoms with van der Waals surface area (Å²) in [6.45, 7) is 2.75. The smallest absolute Gasteiger partial charge is 0.271 e. The number of rotatable bonds is 8. The molecule has 31 heavy (non-hydrogen) atoms. The van der Waals surface area contributed by atoms with Crippen molar-refractivity contribution >= 4 is 62.2 Å². The van der Waals surface area contributed by atoms with Gasteiger partial charge in [0.2, 0.25) is 0 Å². The van der Waals surface area contributed by atoms with Gasteiger partial charge in [-0.15, -0.1) is 0 Å². The number of hydrogen-bond donors (Lipinski definition) is 1. The van der Waals surface area contributed by atoms with E-state index in [1.165, 1.54) is 0 Å². The normalized spacial score (nSPS) is 10.8. The van der Waals surface area contributed by atoms with E-state index in [9.17, 15) is 4.79 Å². The van der Waals surface area contributed by atoms with Crippen molar-refractivity contribution in [3.63, 3.8) is 0 Å². The van der Waals surface area contributed by atoms with Crippen LogP contribution in [-0.4, -0.2) is 18.7 Å². The number of hydrazone groups is 1. The van der Waals surface area contributed by atoms with Gasteiger partial charge in [0, 0.05) is 14.2 Å². The molecular weight excluding hydrogens is 595 g/mol. The number of hydrogen-bond acceptors (Lipinski definition) is 4. The Hall–Kier alpha value is -2.10. The zero-order valence-electron chi connectivity index (χ0n) is 16.6. The third kappa shape index (κ3) is 6.95. The molecule has 0 aliphatic carbocycles. The van der Waals surface area contributed by atoms with Crippen LogP contribution in [0.5, 0.6) is 11.5 Å². The Morgan fingerprint density at radius 2 is 1.94 bits per heavy atom. The number of benzene rings is 3. The van der Waals surface area contributed by atoms with Crippen LogP contribution in [0.2, 0.25) is 5.02 Å². The van der Waals surface area contributed by atoms with E-state index < -0.39 is 0 Å². The van der Waals surface area contributed by atoms with E-state index in [1.807, 2.05) is 55.5 Å². The first-order valence-corrected chi connectivity index (χ1v) is 11.6. The van der Waals surface area contributed by atoms with Crippen LogP contribution in [0.15, 0.2) is 70.2 Å². The van der Waals surface area contributed by atoms with Gasteiger partial charge in [-0.3, -0.25) is 4.79 Å². The highest BCUT2D eigenvalue weighted by atomic mass is 127. The minimum absolute atomic E-state index is 0.276. The van der Waals surface area contributed by atoms with Crippen LogP contribution >= 0.6 is 50.1 Å². The molecule has 3 rings (SSSR count). The number of nitrogens with one attached hydrogen (secondary N) is 1. The topological polar surface area (TPSA) is 59.9 Å². The summed E-state index contributed by atoms with van der Waals surface area (Å²) in [5.41, 5.74) is 4.82. The first-order valence-electron chi connectivity index (χ1n) is 9.39. The van der Waals surface area contributed by atoms with Crippen LogP contribution in [0.3, 0.4) is 0 Å². The number of nitrogens with zero attached hydrogens (tertiary/aromatic N) is 1. The molecule has 0 heterocycles. The fourth-order valence-electron chi connectivity index (χ4n) is 2.66. The molecule has 0 atom stereocenters. The fourth-order valence-corrected chi connectivity index (χ4v) is 3.90. The van der Waals surface area contributed by atoms with Gasteiger partial charge in [-0.1, -0.05) is 29.8 Å².